The molecule has 0 unspecified atom stereocenters. The largest absolute Gasteiger partial charge is 0.326 e. The van der Waals surface area contributed by atoms with E-state index in [-0.39, 0.29) is 12.4 Å². The fourth-order valence-corrected chi connectivity index (χ4v) is 0.955. The van der Waals surface area contributed by atoms with Gasteiger partial charge >= 0.3 is 0 Å². The summed E-state index contributed by atoms with van der Waals surface area (Å²) in [5.74, 6) is 0. The molecule has 12 heavy (non-hydrogen) atoms. The molecule has 0 aliphatic rings. The highest BCUT2D eigenvalue weighted by molar-refractivity contribution is 5.85. The molecular weight excluding hydrogens is 178 g/mol. The maximum atomic E-state index is 5.43. The van der Waals surface area contributed by atoms with Gasteiger partial charge in [0.25, 0.3) is 0 Å². The number of hydrogen-bond donors (Lipinski definition) is 1. The van der Waals surface area contributed by atoms with Crippen LogP contribution in [0.2, 0.25) is 0 Å². The summed E-state index contributed by atoms with van der Waals surface area (Å²) in [6.07, 6.45) is 0. The minimum atomic E-state index is 0. The molecule has 0 aliphatic carbocycles. The fourth-order valence-electron chi connectivity index (χ4n) is 0.955. The Morgan fingerprint density at radius 2 is 2.00 bits per heavy atom. The van der Waals surface area contributed by atoms with Crippen LogP contribution < -0.4 is 5.73 Å². The van der Waals surface area contributed by atoms with Crippen molar-refractivity contribution in [1.29, 1.82) is 0 Å². The molecule has 1 heterocycles. The molecule has 1 aromatic heterocycles. The van der Waals surface area contributed by atoms with Crippen LogP contribution in [0.15, 0.2) is 22.8 Å². The van der Waals surface area contributed by atoms with Crippen molar-refractivity contribution in [2.75, 3.05) is 0 Å². The maximum absolute atomic E-state index is 5.43. The van der Waals surface area contributed by atoms with E-state index in [0.717, 1.165) is 16.6 Å². The first-order valence-corrected chi connectivity index (χ1v) is 3.31. The summed E-state index contributed by atoms with van der Waals surface area (Å²) < 4.78 is 4.52. The SMILES string of the molecule is Cl.NCc1ccc2nonc2c1. The van der Waals surface area contributed by atoms with Crippen LogP contribution in [0.5, 0.6) is 0 Å². The Morgan fingerprint density at radius 1 is 1.25 bits per heavy atom. The van der Waals surface area contributed by atoms with Crippen molar-refractivity contribution < 1.29 is 4.63 Å². The number of nitrogens with two attached hydrogens (primary N) is 1. The smallest absolute Gasteiger partial charge is 0.135 e. The molecule has 0 amide bonds. The van der Waals surface area contributed by atoms with Crippen molar-refractivity contribution in [1.82, 2.24) is 10.3 Å². The van der Waals surface area contributed by atoms with E-state index in [1.165, 1.54) is 0 Å². The number of fused-ring (bicyclic) bond motifs is 1. The molecule has 64 valence electrons. The highest BCUT2D eigenvalue weighted by Gasteiger charge is 1.98. The van der Waals surface area contributed by atoms with E-state index in [1.807, 2.05) is 18.2 Å². The monoisotopic (exact) mass is 185 g/mol. The summed E-state index contributed by atoms with van der Waals surface area (Å²) in [7, 11) is 0. The molecule has 0 bridgehead atoms. The molecule has 1 aromatic carbocycles. The van der Waals surface area contributed by atoms with Gasteiger partial charge in [-0.3, -0.25) is 0 Å². The van der Waals surface area contributed by atoms with E-state index in [1.54, 1.807) is 0 Å². The number of nitrogens with zero attached hydrogens (tertiary/aromatic N) is 2. The van der Waals surface area contributed by atoms with E-state index in [4.69, 9.17) is 5.73 Å². The molecule has 2 aromatic rings. The first kappa shape index (κ1) is 8.96. The Bertz CT molecular complexity index is 373. The molecule has 2 N–H and O–H groups in total. The molecule has 2 rings (SSSR count). The van der Waals surface area contributed by atoms with Crippen LogP contribution in [0.25, 0.3) is 11.0 Å². The van der Waals surface area contributed by atoms with Gasteiger partial charge in [-0.25, -0.2) is 4.63 Å². The Hall–Kier alpha value is -1.13. The summed E-state index contributed by atoms with van der Waals surface area (Å²) in [6, 6.07) is 5.62. The molecule has 0 fully saturated rings. The van der Waals surface area contributed by atoms with Gasteiger partial charge in [0, 0.05) is 6.54 Å². The van der Waals surface area contributed by atoms with Crippen LogP contribution in [0, 0.1) is 0 Å². The van der Waals surface area contributed by atoms with Gasteiger partial charge in [0.05, 0.1) is 0 Å². The average Bonchev–Trinajstić information content (AvgIpc) is 2.50. The van der Waals surface area contributed by atoms with Crippen molar-refractivity contribution in [2.24, 2.45) is 5.73 Å². The molecule has 0 saturated carbocycles. The van der Waals surface area contributed by atoms with Gasteiger partial charge in [-0.1, -0.05) is 6.07 Å². The van der Waals surface area contributed by atoms with Crippen LogP contribution in [-0.2, 0) is 6.54 Å². The Morgan fingerprint density at radius 3 is 2.75 bits per heavy atom. The minimum absolute atomic E-state index is 0. The van der Waals surface area contributed by atoms with E-state index in [9.17, 15) is 0 Å². The number of rotatable bonds is 1. The predicted octanol–water partition coefficient (Wildman–Crippen LogP) is 1.10. The Labute approximate surface area is 75.1 Å². The molecule has 0 aliphatic heterocycles. The number of benzene rings is 1. The van der Waals surface area contributed by atoms with Gasteiger partial charge in [0.1, 0.15) is 11.0 Å². The van der Waals surface area contributed by atoms with Crippen molar-refractivity contribution in [3.63, 3.8) is 0 Å². The molecule has 4 nitrogen and oxygen atoms in total. The molecule has 0 atom stereocenters. The number of halogens is 1. The third-order valence-electron chi connectivity index (χ3n) is 1.55. The van der Waals surface area contributed by atoms with Gasteiger partial charge in [-0.05, 0) is 28.0 Å². The summed E-state index contributed by atoms with van der Waals surface area (Å²) in [6.45, 7) is 0.517. The third kappa shape index (κ3) is 1.39. The Balaban J connectivity index is 0.000000720. The second-order valence-electron chi connectivity index (χ2n) is 2.29. The lowest BCUT2D eigenvalue weighted by atomic mass is 10.2. The second kappa shape index (κ2) is 3.51. The van der Waals surface area contributed by atoms with E-state index in [0.29, 0.717) is 6.54 Å². The fraction of sp³-hybridized carbons (Fsp3) is 0.143. The zero-order chi connectivity index (χ0) is 7.68. The quantitative estimate of drug-likeness (QED) is 0.723. The number of hydrogen-bond acceptors (Lipinski definition) is 4. The Kier molecular flexibility index (Phi) is 2.62. The van der Waals surface area contributed by atoms with Crippen molar-refractivity contribution >= 4 is 23.4 Å². The summed E-state index contributed by atoms with van der Waals surface area (Å²) in [5.41, 5.74) is 7.99. The summed E-state index contributed by atoms with van der Waals surface area (Å²) in [4.78, 5) is 0. The highest BCUT2D eigenvalue weighted by Crippen LogP contribution is 2.10. The van der Waals surface area contributed by atoms with E-state index < -0.39 is 0 Å². The van der Waals surface area contributed by atoms with Crippen molar-refractivity contribution in [3.05, 3.63) is 23.8 Å². The summed E-state index contributed by atoms with van der Waals surface area (Å²) in [5, 5.41) is 7.35. The van der Waals surface area contributed by atoms with Gasteiger partial charge in [-0.15, -0.1) is 12.4 Å². The lowest BCUT2D eigenvalue weighted by Crippen LogP contribution is -1.94. The molecule has 0 saturated heterocycles. The van der Waals surface area contributed by atoms with E-state index >= 15 is 0 Å². The number of aromatic nitrogens is 2. The first-order valence-electron chi connectivity index (χ1n) is 3.31. The molecule has 0 radical (unpaired) electrons. The van der Waals surface area contributed by atoms with E-state index in [2.05, 4.69) is 14.9 Å². The van der Waals surface area contributed by atoms with Gasteiger partial charge in [0.2, 0.25) is 0 Å². The predicted molar refractivity (Wildman–Crippen MR) is 46.9 cm³/mol. The lowest BCUT2D eigenvalue weighted by Gasteiger charge is -1.91. The normalized spacial score (nSPS) is 9.75. The van der Waals surface area contributed by atoms with Gasteiger partial charge in [0.15, 0.2) is 0 Å². The van der Waals surface area contributed by atoms with Crippen molar-refractivity contribution in [2.45, 2.75) is 6.54 Å². The van der Waals surface area contributed by atoms with Crippen LogP contribution in [0.1, 0.15) is 5.56 Å². The van der Waals surface area contributed by atoms with Crippen LogP contribution in [0.4, 0.5) is 0 Å². The van der Waals surface area contributed by atoms with Crippen LogP contribution >= 0.6 is 12.4 Å². The highest BCUT2D eigenvalue weighted by atomic mass is 35.5. The standard InChI is InChI=1S/C7H7N3O.ClH/c8-4-5-1-2-6-7(3-5)10-11-9-6;/h1-3H,4,8H2;1H. The molecule has 5 heteroatoms. The third-order valence-corrected chi connectivity index (χ3v) is 1.55. The van der Waals surface area contributed by atoms with Crippen molar-refractivity contribution in [3.8, 4) is 0 Å². The van der Waals surface area contributed by atoms with Crippen LogP contribution in [-0.4, -0.2) is 10.3 Å². The summed E-state index contributed by atoms with van der Waals surface area (Å²) >= 11 is 0. The van der Waals surface area contributed by atoms with Gasteiger partial charge in [-0.2, -0.15) is 0 Å². The zero-order valence-electron chi connectivity index (χ0n) is 6.23. The zero-order valence-corrected chi connectivity index (χ0v) is 7.04. The minimum Gasteiger partial charge on any atom is -0.326 e. The topological polar surface area (TPSA) is 64.9 Å². The first-order chi connectivity index (χ1) is 5.40. The second-order valence-corrected chi connectivity index (χ2v) is 2.29. The average molecular weight is 186 g/mol. The van der Waals surface area contributed by atoms with Crippen LogP contribution in [0.3, 0.4) is 0 Å². The van der Waals surface area contributed by atoms with Gasteiger partial charge < -0.3 is 5.73 Å². The maximum Gasteiger partial charge on any atom is 0.135 e. The lowest BCUT2D eigenvalue weighted by molar-refractivity contribution is 0.315. The molecule has 0 spiro atoms. The molecular formula is C7H8ClN3O.